The lowest BCUT2D eigenvalue weighted by molar-refractivity contribution is -0.146. The number of fused-ring (bicyclic) bond motifs is 2. The van der Waals surface area contributed by atoms with E-state index in [1.54, 1.807) is 37.3 Å². The number of hydrogen-bond donors (Lipinski definition) is 2. The van der Waals surface area contributed by atoms with E-state index in [0.29, 0.717) is 15.7 Å². The van der Waals surface area contributed by atoms with Gasteiger partial charge in [-0.15, -0.1) is 0 Å². The first kappa shape index (κ1) is 15.3. The maximum atomic E-state index is 12.6. The van der Waals surface area contributed by atoms with Gasteiger partial charge in [-0.1, -0.05) is 35.4 Å². The molecule has 2 heterocycles. The van der Waals surface area contributed by atoms with Crippen LogP contribution >= 0.6 is 23.2 Å². The van der Waals surface area contributed by atoms with Crippen LogP contribution in [-0.2, 0) is 14.3 Å². The van der Waals surface area contributed by atoms with Gasteiger partial charge >= 0.3 is 5.97 Å². The highest BCUT2D eigenvalue weighted by Crippen LogP contribution is 2.47. The van der Waals surface area contributed by atoms with E-state index in [4.69, 9.17) is 27.9 Å². The molecule has 0 aliphatic carbocycles. The Morgan fingerprint density at radius 3 is 2.50 bits per heavy atom. The first-order valence-electron chi connectivity index (χ1n) is 6.67. The average Bonchev–Trinajstić information content (AvgIpc) is 2.90. The van der Waals surface area contributed by atoms with E-state index in [2.05, 4.69) is 5.32 Å². The number of carboxylic acids is 1. The minimum Gasteiger partial charge on any atom is -0.481 e. The predicted molar refractivity (Wildman–Crippen MR) is 82.1 cm³/mol. The fraction of sp³-hybridized carbons (Fsp3) is 0.333. The van der Waals surface area contributed by atoms with Gasteiger partial charge in [-0.25, -0.2) is 0 Å². The second kappa shape index (κ2) is 5.26. The van der Waals surface area contributed by atoms with Gasteiger partial charge in [-0.05, 0) is 25.1 Å². The number of carbonyl (C=O) groups is 2. The zero-order valence-corrected chi connectivity index (χ0v) is 13.1. The maximum Gasteiger partial charge on any atom is 0.310 e. The first-order chi connectivity index (χ1) is 10.3. The zero-order valence-electron chi connectivity index (χ0n) is 11.5. The number of ether oxygens (including phenoxy) is 1. The predicted octanol–water partition coefficient (Wildman–Crippen LogP) is 2.98. The summed E-state index contributed by atoms with van der Waals surface area (Å²) in [4.78, 5) is 24.0. The zero-order chi connectivity index (χ0) is 16.1. The minimum absolute atomic E-state index is 0.382. The largest absolute Gasteiger partial charge is 0.481 e. The second-order valence-electron chi connectivity index (χ2n) is 5.61. The van der Waals surface area contributed by atoms with E-state index in [0.717, 1.165) is 0 Å². The molecular weight excluding hydrogens is 329 g/mol. The molecule has 1 fully saturated rings. The number of amides is 1. The van der Waals surface area contributed by atoms with Gasteiger partial charge in [0.2, 0.25) is 5.91 Å². The van der Waals surface area contributed by atoms with Crippen LogP contribution in [0.5, 0.6) is 0 Å². The molecule has 3 rings (SSSR count). The van der Waals surface area contributed by atoms with E-state index >= 15 is 0 Å². The van der Waals surface area contributed by atoms with Gasteiger partial charge in [0, 0.05) is 15.7 Å². The third-order valence-corrected chi connectivity index (χ3v) is 4.47. The molecule has 2 aliphatic heterocycles. The Balaban J connectivity index is 1.87. The van der Waals surface area contributed by atoms with Gasteiger partial charge in [0.05, 0.1) is 17.6 Å². The Bertz CT molecular complexity index is 670. The Morgan fingerprint density at radius 2 is 1.91 bits per heavy atom. The molecule has 2 aliphatic rings. The molecule has 0 spiro atoms. The van der Waals surface area contributed by atoms with Gasteiger partial charge < -0.3 is 15.2 Å². The summed E-state index contributed by atoms with van der Waals surface area (Å²) in [7, 11) is 0. The third kappa shape index (κ3) is 2.49. The molecule has 1 aromatic carbocycles. The quantitative estimate of drug-likeness (QED) is 0.828. The normalized spacial score (nSPS) is 32.2. The number of carbonyl (C=O) groups excluding carboxylic acids is 1. The molecule has 22 heavy (non-hydrogen) atoms. The van der Waals surface area contributed by atoms with Crippen molar-refractivity contribution in [2.45, 2.75) is 18.6 Å². The van der Waals surface area contributed by atoms with Gasteiger partial charge in [0.25, 0.3) is 0 Å². The van der Waals surface area contributed by atoms with Gasteiger partial charge in [0.1, 0.15) is 5.92 Å². The number of aliphatic carboxylic acids is 1. The molecule has 0 unspecified atom stereocenters. The summed E-state index contributed by atoms with van der Waals surface area (Å²) in [6.07, 6.45) is 2.85. The Morgan fingerprint density at radius 1 is 1.27 bits per heavy atom. The Hall–Kier alpha value is -1.56. The van der Waals surface area contributed by atoms with Crippen LogP contribution in [0.3, 0.4) is 0 Å². The lowest BCUT2D eigenvalue weighted by Gasteiger charge is -2.27. The SMILES string of the molecule is C[C@@]12C=C[C@@H](O1)[C@@H](C(=O)O)[C@H]2C(=O)Nc1cc(Cl)cc(Cl)c1. The average molecular weight is 342 g/mol. The van der Waals surface area contributed by atoms with Crippen LogP contribution in [-0.4, -0.2) is 28.7 Å². The van der Waals surface area contributed by atoms with Gasteiger partial charge in [-0.2, -0.15) is 0 Å². The fourth-order valence-electron chi connectivity index (χ4n) is 3.13. The van der Waals surface area contributed by atoms with Crippen LogP contribution in [0.4, 0.5) is 5.69 Å². The molecule has 1 aromatic rings. The molecule has 0 saturated carbocycles. The summed E-state index contributed by atoms with van der Waals surface area (Å²) in [5.74, 6) is -3.22. The summed E-state index contributed by atoms with van der Waals surface area (Å²) >= 11 is 11.8. The number of halogens is 2. The first-order valence-corrected chi connectivity index (χ1v) is 7.43. The van der Waals surface area contributed by atoms with Crippen molar-refractivity contribution in [2.75, 3.05) is 5.32 Å². The van der Waals surface area contributed by atoms with Crippen molar-refractivity contribution in [3.8, 4) is 0 Å². The second-order valence-corrected chi connectivity index (χ2v) is 6.49. The van der Waals surface area contributed by atoms with Crippen LogP contribution in [0.25, 0.3) is 0 Å². The molecule has 5 nitrogen and oxygen atoms in total. The van der Waals surface area contributed by atoms with Crippen molar-refractivity contribution in [3.05, 3.63) is 40.4 Å². The van der Waals surface area contributed by atoms with Crippen LogP contribution in [0.15, 0.2) is 30.4 Å². The number of carboxylic acid groups (broad SMARTS) is 1. The van der Waals surface area contributed by atoms with Gasteiger partial charge in [0.15, 0.2) is 0 Å². The van der Waals surface area contributed by atoms with E-state index in [-0.39, 0.29) is 0 Å². The molecule has 0 radical (unpaired) electrons. The Kier molecular flexibility index (Phi) is 3.67. The van der Waals surface area contributed by atoms with Crippen molar-refractivity contribution in [2.24, 2.45) is 11.8 Å². The number of benzene rings is 1. The monoisotopic (exact) mass is 341 g/mol. The highest BCUT2D eigenvalue weighted by Gasteiger charge is 2.59. The molecule has 2 N–H and O–H groups in total. The number of nitrogens with one attached hydrogen (secondary N) is 1. The summed E-state index contributed by atoms with van der Waals surface area (Å²) in [6, 6.07) is 4.64. The van der Waals surface area contributed by atoms with E-state index in [9.17, 15) is 14.7 Å². The molecular formula is C15H13Cl2NO4. The molecule has 116 valence electrons. The minimum atomic E-state index is -1.05. The summed E-state index contributed by atoms with van der Waals surface area (Å²) < 4.78 is 5.65. The number of rotatable bonds is 3. The molecule has 2 bridgehead atoms. The number of anilines is 1. The van der Waals surface area contributed by atoms with Crippen molar-refractivity contribution >= 4 is 40.8 Å². The van der Waals surface area contributed by atoms with E-state index in [1.807, 2.05) is 0 Å². The molecule has 1 saturated heterocycles. The van der Waals surface area contributed by atoms with Crippen LogP contribution in [0.1, 0.15) is 6.92 Å². The summed E-state index contributed by atoms with van der Waals surface area (Å²) in [5.41, 5.74) is -0.498. The lowest BCUT2D eigenvalue weighted by Crippen LogP contribution is -2.44. The number of hydrogen-bond acceptors (Lipinski definition) is 3. The van der Waals surface area contributed by atoms with E-state index in [1.165, 1.54) is 0 Å². The van der Waals surface area contributed by atoms with Crippen LogP contribution in [0, 0.1) is 11.8 Å². The summed E-state index contributed by atoms with van der Waals surface area (Å²) in [5, 5.41) is 12.8. The molecule has 4 atom stereocenters. The van der Waals surface area contributed by atoms with Crippen molar-refractivity contribution in [1.82, 2.24) is 0 Å². The van der Waals surface area contributed by atoms with Crippen LogP contribution < -0.4 is 5.32 Å². The molecule has 7 heteroatoms. The maximum absolute atomic E-state index is 12.6. The highest BCUT2D eigenvalue weighted by atomic mass is 35.5. The van der Waals surface area contributed by atoms with Crippen LogP contribution in [0.2, 0.25) is 10.0 Å². The Labute approximate surface area is 136 Å². The third-order valence-electron chi connectivity index (χ3n) is 4.04. The fourth-order valence-corrected chi connectivity index (χ4v) is 3.65. The topological polar surface area (TPSA) is 75.6 Å². The standard InChI is InChI=1S/C15H13Cl2NO4/c1-15-3-2-10(22-15)11(14(20)21)12(15)13(19)18-9-5-7(16)4-8(17)6-9/h2-6,10-12H,1H3,(H,18,19)(H,20,21)/t10-,11-,12+,15+/m1/s1. The highest BCUT2D eigenvalue weighted by molar-refractivity contribution is 6.35. The molecule has 0 aromatic heterocycles. The van der Waals surface area contributed by atoms with E-state index < -0.39 is 35.4 Å². The smallest absolute Gasteiger partial charge is 0.310 e. The van der Waals surface area contributed by atoms with Crippen molar-refractivity contribution < 1.29 is 19.4 Å². The van der Waals surface area contributed by atoms with Gasteiger partial charge in [-0.3, -0.25) is 9.59 Å². The summed E-state index contributed by atoms with van der Waals surface area (Å²) in [6.45, 7) is 1.71. The molecule has 1 amide bonds. The lowest BCUT2D eigenvalue weighted by atomic mass is 9.75. The van der Waals surface area contributed by atoms with Crippen molar-refractivity contribution in [1.29, 1.82) is 0 Å². The van der Waals surface area contributed by atoms with Crippen molar-refractivity contribution in [3.63, 3.8) is 0 Å².